The van der Waals surface area contributed by atoms with Crippen LogP contribution < -0.4 is 5.32 Å². The second kappa shape index (κ2) is 7.95. The van der Waals surface area contributed by atoms with E-state index < -0.39 is 12.8 Å². The lowest BCUT2D eigenvalue weighted by Crippen LogP contribution is -2.30. The molecule has 0 aliphatic carbocycles. The van der Waals surface area contributed by atoms with E-state index >= 15 is 0 Å². The average Bonchev–Trinajstić information content (AvgIpc) is 2.30. The second-order valence-corrected chi connectivity index (χ2v) is 5.34. The molecule has 1 atom stereocenters. The molecule has 0 spiro atoms. The summed E-state index contributed by atoms with van der Waals surface area (Å²) in [7, 11) is 1.71. The first kappa shape index (κ1) is 17.4. The summed E-state index contributed by atoms with van der Waals surface area (Å²) in [6, 6.07) is 4.47. The number of ether oxygens (including phenoxy) is 1. The second-order valence-electron chi connectivity index (χ2n) is 4.42. The van der Waals surface area contributed by atoms with Gasteiger partial charge in [0.2, 0.25) is 0 Å². The van der Waals surface area contributed by atoms with Crippen molar-refractivity contribution in [1.29, 1.82) is 0 Å². The molecule has 7 heteroatoms. The Morgan fingerprint density at radius 1 is 1.30 bits per heavy atom. The summed E-state index contributed by atoms with van der Waals surface area (Å²) in [5, 5.41) is 2.99. The Hall–Kier alpha value is -0.660. The monoisotopic (exact) mass is 357 g/mol. The fourth-order valence-electron chi connectivity index (χ4n) is 1.78. The lowest BCUT2D eigenvalue weighted by molar-refractivity contribution is -0.174. The first-order valence-corrected chi connectivity index (χ1v) is 6.86. The van der Waals surface area contributed by atoms with E-state index in [2.05, 4.69) is 26.0 Å². The smallest absolute Gasteiger partial charge is 0.372 e. The zero-order valence-electron chi connectivity index (χ0n) is 10.9. The van der Waals surface area contributed by atoms with E-state index in [1.165, 1.54) is 12.1 Å². The van der Waals surface area contributed by atoms with E-state index in [9.17, 15) is 17.6 Å². The maximum absolute atomic E-state index is 13.2. The molecule has 0 aromatic heterocycles. The molecule has 2 nitrogen and oxygen atoms in total. The van der Waals surface area contributed by atoms with Gasteiger partial charge in [-0.3, -0.25) is 0 Å². The van der Waals surface area contributed by atoms with E-state index in [4.69, 9.17) is 0 Å². The van der Waals surface area contributed by atoms with Gasteiger partial charge in [-0.1, -0.05) is 15.9 Å². The zero-order valence-corrected chi connectivity index (χ0v) is 12.5. The topological polar surface area (TPSA) is 21.3 Å². The van der Waals surface area contributed by atoms with Crippen LogP contribution in [0.2, 0.25) is 0 Å². The molecule has 0 amide bonds. The maximum atomic E-state index is 13.2. The van der Waals surface area contributed by atoms with E-state index in [1.807, 2.05) is 0 Å². The van der Waals surface area contributed by atoms with Gasteiger partial charge in [-0.2, -0.15) is 13.2 Å². The van der Waals surface area contributed by atoms with Gasteiger partial charge in [0.25, 0.3) is 0 Å². The SMILES string of the molecule is CNC(CCOCC(F)(F)F)Cc1cc(F)cc(Br)c1. The van der Waals surface area contributed by atoms with Gasteiger partial charge in [0.1, 0.15) is 12.4 Å². The van der Waals surface area contributed by atoms with Crippen molar-refractivity contribution in [3.8, 4) is 0 Å². The molecule has 0 saturated carbocycles. The Bertz CT molecular complexity index is 405. The highest BCUT2D eigenvalue weighted by Crippen LogP contribution is 2.17. The molecular formula is C13H16BrF4NO. The number of benzene rings is 1. The van der Waals surface area contributed by atoms with Crippen molar-refractivity contribution in [3.05, 3.63) is 34.1 Å². The van der Waals surface area contributed by atoms with E-state index in [0.717, 1.165) is 5.56 Å². The Morgan fingerprint density at radius 2 is 2.00 bits per heavy atom. The van der Waals surface area contributed by atoms with Crippen LogP contribution >= 0.6 is 15.9 Å². The van der Waals surface area contributed by atoms with Crippen molar-refractivity contribution < 1.29 is 22.3 Å². The van der Waals surface area contributed by atoms with Crippen LogP contribution in [0.4, 0.5) is 17.6 Å². The molecule has 114 valence electrons. The number of likely N-dealkylation sites (N-methyl/N-ethyl adjacent to an activating group) is 1. The predicted octanol–water partition coefficient (Wildman–Crippen LogP) is 3.69. The Balaban J connectivity index is 2.43. The molecule has 0 bridgehead atoms. The summed E-state index contributed by atoms with van der Waals surface area (Å²) in [6.45, 7) is -1.24. The molecule has 20 heavy (non-hydrogen) atoms. The highest BCUT2D eigenvalue weighted by Gasteiger charge is 2.27. The minimum Gasteiger partial charge on any atom is -0.372 e. The first-order valence-electron chi connectivity index (χ1n) is 6.07. The van der Waals surface area contributed by atoms with Gasteiger partial charge < -0.3 is 10.1 Å². The van der Waals surface area contributed by atoms with Crippen LogP contribution in [0.3, 0.4) is 0 Å². The zero-order chi connectivity index (χ0) is 15.2. The van der Waals surface area contributed by atoms with Crippen LogP contribution in [-0.4, -0.2) is 32.5 Å². The van der Waals surface area contributed by atoms with Gasteiger partial charge in [0, 0.05) is 17.1 Å². The minimum absolute atomic E-state index is 0.00149. The number of hydrogen-bond donors (Lipinski definition) is 1. The van der Waals surface area contributed by atoms with Crippen molar-refractivity contribution in [2.45, 2.75) is 25.1 Å². The molecule has 0 saturated heterocycles. The molecule has 1 aromatic carbocycles. The lowest BCUT2D eigenvalue weighted by atomic mass is 10.0. The Labute approximate surface area is 123 Å². The number of rotatable bonds is 7. The minimum atomic E-state index is -4.30. The highest BCUT2D eigenvalue weighted by molar-refractivity contribution is 9.10. The molecule has 1 N–H and O–H groups in total. The van der Waals surface area contributed by atoms with E-state index in [0.29, 0.717) is 17.3 Å². The highest BCUT2D eigenvalue weighted by atomic mass is 79.9. The summed E-state index contributed by atoms with van der Waals surface area (Å²) in [5.74, 6) is -0.349. The van der Waals surface area contributed by atoms with Crippen molar-refractivity contribution in [3.63, 3.8) is 0 Å². The number of hydrogen-bond acceptors (Lipinski definition) is 2. The van der Waals surface area contributed by atoms with Crippen LogP contribution in [0.25, 0.3) is 0 Å². The van der Waals surface area contributed by atoms with E-state index in [1.54, 1.807) is 13.1 Å². The molecule has 1 aromatic rings. The van der Waals surface area contributed by atoms with Gasteiger partial charge >= 0.3 is 6.18 Å². The molecule has 0 aliphatic heterocycles. The average molecular weight is 358 g/mol. The van der Waals surface area contributed by atoms with Gasteiger partial charge in [0.05, 0.1) is 0 Å². The Kier molecular flexibility index (Phi) is 6.91. The third-order valence-corrected chi connectivity index (χ3v) is 3.15. The fraction of sp³-hybridized carbons (Fsp3) is 0.538. The Morgan fingerprint density at radius 3 is 2.55 bits per heavy atom. The van der Waals surface area contributed by atoms with Gasteiger partial charge in [0.15, 0.2) is 0 Å². The number of halogens is 5. The number of alkyl halides is 3. The molecule has 0 heterocycles. The standard InChI is InChI=1S/C13H16BrF4NO/c1-19-12(2-3-20-8-13(16,17)18)6-9-4-10(14)7-11(15)5-9/h4-5,7,12,19H,2-3,6,8H2,1H3. The van der Waals surface area contributed by atoms with Gasteiger partial charge in [-0.25, -0.2) is 4.39 Å². The van der Waals surface area contributed by atoms with Crippen LogP contribution in [0.1, 0.15) is 12.0 Å². The molecule has 1 rings (SSSR count). The summed E-state index contributed by atoms with van der Waals surface area (Å²) >= 11 is 3.20. The van der Waals surface area contributed by atoms with Gasteiger partial charge in [-0.15, -0.1) is 0 Å². The van der Waals surface area contributed by atoms with Crippen molar-refractivity contribution in [2.24, 2.45) is 0 Å². The van der Waals surface area contributed by atoms with Crippen LogP contribution in [-0.2, 0) is 11.2 Å². The van der Waals surface area contributed by atoms with Crippen molar-refractivity contribution in [1.82, 2.24) is 5.32 Å². The fourth-order valence-corrected chi connectivity index (χ4v) is 2.29. The molecule has 0 radical (unpaired) electrons. The first-order chi connectivity index (χ1) is 9.30. The van der Waals surface area contributed by atoms with Crippen molar-refractivity contribution in [2.75, 3.05) is 20.3 Å². The van der Waals surface area contributed by atoms with Gasteiger partial charge in [-0.05, 0) is 43.7 Å². The van der Waals surface area contributed by atoms with Crippen molar-refractivity contribution >= 4 is 15.9 Å². The molecular weight excluding hydrogens is 342 g/mol. The normalized spacial score (nSPS) is 13.5. The largest absolute Gasteiger partial charge is 0.411 e. The summed E-state index contributed by atoms with van der Waals surface area (Å²) in [4.78, 5) is 0. The molecule has 0 aliphatic rings. The summed E-state index contributed by atoms with van der Waals surface area (Å²) < 4.78 is 54.2. The number of nitrogens with one attached hydrogen (secondary N) is 1. The summed E-state index contributed by atoms with van der Waals surface area (Å²) in [5.41, 5.74) is 0.770. The predicted molar refractivity (Wildman–Crippen MR) is 72.1 cm³/mol. The van der Waals surface area contributed by atoms with E-state index in [-0.39, 0.29) is 18.5 Å². The van der Waals surface area contributed by atoms with Crippen LogP contribution in [0.5, 0.6) is 0 Å². The third-order valence-electron chi connectivity index (χ3n) is 2.69. The molecule has 0 fully saturated rings. The van der Waals surface area contributed by atoms with Crippen LogP contribution in [0, 0.1) is 5.82 Å². The lowest BCUT2D eigenvalue weighted by Gasteiger charge is -2.17. The summed E-state index contributed by atoms with van der Waals surface area (Å²) in [6.07, 6.45) is -3.37. The quantitative estimate of drug-likeness (QED) is 0.593. The van der Waals surface area contributed by atoms with Crippen LogP contribution in [0.15, 0.2) is 22.7 Å². The third kappa shape index (κ3) is 7.21. The maximum Gasteiger partial charge on any atom is 0.411 e. The molecule has 1 unspecified atom stereocenters.